The molecule has 0 spiro atoms. The summed E-state index contributed by atoms with van der Waals surface area (Å²) < 4.78 is 18.3. The quantitative estimate of drug-likeness (QED) is 0.727. The smallest absolute Gasteiger partial charge is 0.266 e. The summed E-state index contributed by atoms with van der Waals surface area (Å²) in [5, 5.41) is 0.380. The highest BCUT2D eigenvalue weighted by atomic mass is 35.5. The average Bonchev–Trinajstić information content (AvgIpc) is 3.32. The van der Waals surface area contributed by atoms with Crippen LogP contribution in [0, 0.1) is 0 Å². The summed E-state index contributed by atoms with van der Waals surface area (Å²) in [4.78, 5) is 27.1. The van der Waals surface area contributed by atoms with Gasteiger partial charge in [0.2, 0.25) is 0 Å². The Bertz CT molecular complexity index is 1090. The number of aromatic nitrogens is 2. The van der Waals surface area contributed by atoms with E-state index < -0.39 is 12.2 Å². The fraction of sp³-hybridized carbons (Fsp3) is 0.158. The first-order valence-electron chi connectivity index (χ1n) is 8.30. The van der Waals surface area contributed by atoms with Crippen LogP contribution < -0.4 is 5.73 Å². The second-order valence-corrected chi connectivity index (χ2v) is 6.75. The van der Waals surface area contributed by atoms with Crippen molar-refractivity contribution in [1.82, 2.24) is 14.9 Å². The third-order valence-corrected chi connectivity index (χ3v) is 4.87. The highest BCUT2D eigenvalue weighted by Crippen LogP contribution is 2.41. The molecule has 1 amide bonds. The number of hydrogen-bond acceptors (Lipinski definition) is 6. The number of nitrogens with zero attached hydrogens (tertiary/aromatic N) is 4. The molecule has 0 saturated heterocycles. The summed E-state index contributed by atoms with van der Waals surface area (Å²) in [5.74, 6) is -0.332. The number of carbonyl (C=O) groups is 1. The number of pyridine rings is 1. The maximum Gasteiger partial charge on any atom is 0.266 e. The standard InChI is InChI=1S/C19H15ClFN5O2/c1-26-17(27)19(25-18(26)22,12-2-3-23-15(7-12)8-21)13-4-11(5-14(20)6-13)16-9-28-10-24-16/h2-7,9-10H,8H2,1H3,(H2,22,25). The number of carbonyl (C=O) groups excluding carboxylic acids is 1. The molecule has 1 aliphatic heterocycles. The van der Waals surface area contributed by atoms with E-state index in [1.807, 2.05) is 0 Å². The number of halogens is 2. The summed E-state index contributed by atoms with van der Waals surface area (Å²) in [6.07, 6.45) is 4.20. The van der Waals surface area contributed by atoms with Crippen molar-refractivity contribution in [3.05, 3.63) is 71.0 Å². The largest absolute Gasteiger partial charge is 0.451 e. The predicted molar refractivity (Wildman–Crippen MR) is 101 cm³/mol. The predicted octanol–water partition coefficient (Wildman–Crippen LogP) is 2.89. The van der Waals surface area contributed by atoms with E-state index in [0.717, 1.165) is 0 Å². The lowest BCUT2D eigenvalue weighted by atomic mass is 9.82. The van der Waals surface area contributed by atoms with Crippen molar-refractivity contribution in [2.24, 2.45) is 10.7 Å². The number of likely N-dealkylation sites (N-methyl/N-ethyl adjacent to an activating group) is 1. The molecular formula is C19H15ClFN5O2. The van der Waals surface area contributed by atoms with Crippen LogP contribution in [0.25, 0.3) is 11.3 Å². The first kappa shape index (κ1) is 18.1. The van der Waals surface area contributed by atoms with Crippen molar-refractivity contribution in [3.63, 3.8) is 0 Å². The van der Waals surface area contributed by atoms with Crippen LogP contribution in [0.4, 0.5) is 4.39 Å². The van der Waals surface area contributed by atoms with E-state index in [2.05, 4.69) is 15.0 Å². The van der Waals surface area contributed by atoms with E-state index in [9.17, 15) is 9.18 Å². The lowest BCUT2D eigenvalue weighted by Crippen LogP contribution is -2.41. The highest BCUT2D eigenvalue weighted by Gasteiger charge is 2.50. The van der Waals surface area contributed by atoms with Gasteiger partial charge in [0.1, 0.15) is 18.6 Å². The minimum absolute atomic E-state index is 0.0478. The number of aliphatic imine (C=N–C) groups is 1. The zero-order valence-electron chi connectivity index (χ0n) is 14.8. The lowest BCUT2D eigenvalue weighted by Gasteiger charge is -2.27. The van der Waals surface area contributed by atoms with Crippen molar-refractivity contribution in [2.75, 3.05) is 7.05 Å². The van der Waals surface area contributed by atoms with Gasteiger partial charge in [-0.15, -0.1) is 0 Å². The Balaban J connectivity index is 1.99. The van der Waals surface area contributed by atoms with Gasteiger partial charge in [-0.05, 0) is 41.5 Å². The molecule has 1 unspecified atom stereocenters. The van der Waals surface area contributed by atoms with Gasteiger partial charge in [0.05, 0.1) is 5.69 Å². The van der Waals surface area contributed by atoms with E-state index >= 15 is 0 Å². The Morgan fingerprint density at radius 2 is 2.07 bits per heavy atom. The Morgan fingerprint density at radius 1 is 1.25 bits per heavy atom. The van der Waals surface area contributed by atoms with Gasteiger partial charge < -0.3 is 10.2 Å². The van der Waals surface area contributed by atoms with Gasteiger partial charge in [-0.1, -0.05) is 11.6 Å². The summed E-state index contributed by atoms with van der Waals surface area (Å²) in [7, 11) is 1.53. The number of alkyl halides is 1. The van der Waals surface area contributed by atoms with Crippen molar-refractivity contribution in [2.45, 2.75) is 12.2 Å². The van der Waals surface area contributed by atoms with E-state index in [1.54, 1.807) is 24.3 Å². The molecule has 7 nitrogen and oxygen atoms in total. The van der Waals surface area contributed by atoms with E-state index in [4.69, 9.17) is 21.8 Å². The number of oxazole rings is 1. The van der Waals surface area contributed by atoms with Crippen molar-refractivity contribution in [3.8, 4) is 11.3 Å². The van der Waals surface area contributed by atoms with Crippen LogP contribution in [0.2, 0.25) is 5.02 Å². The first-order valence-corrected chi connectivity index (χ1v) is 8.68. The number of rotatable bonds is 4. The molecule has 2 N–H and O–H groups in total. The van der Waals surface area contributed by atoms with Gasteiger partial charge in [-0.25, -0.2) is 14.4 Å². The van der Waals surface area contributed by atoms with Crippen LogP contribution >= 0.6 is 11.6 Å². The monoisotopic (exact) mass is 399 g/mol. The molecule has 142 valence electrons. The molecule has 0 bridgehead atoms. The molecule has 28 heavy (non-hydrogen) atoms. The van der Waals surface area contributed by atoms with E-state index in [-0.39, 0.29) is 17.6 Å². The Labute approximate surface area is 164 Å². The third kappa shape index (κ3) is 2.73. The topological polar surface area (TPSA) is 97.6 Å². The molecule has 0 aliphatic carbocycles. The minimum Gasteiger partial charge on any atom is -0.451 e. The summed E-state index contributed by atoms with van der Waals surface area (Å²) in [6.45, 7) is -0.771. The van der Waals surface area contributed by atoms with Crippen LogP contribution in [0.5, 0.6) is 0 Å². The Kier molecular flexibility index (Phi) is 4.35. The maximum absolute atomic E-state index is 13.3. The SMILES string of the molecule is CN1C(=O)C(c2cc(Cl)cc(-c3cocn3)c2)(c2ccnc(CF)c2)N=C1N. The average molecular weight is 400 g/mol. The van der Waals surface area contributed by atoms with Gasteiger partial charge in [0.15, 0.2) is 17.9 Å². The molecule has 3 aromatic rings. The molecule has 4 rings (SSSR count). The fourth-order valence-electron chi connectivity index (χ4n) is 3.26. The number of guanidine groups is 1. The van der Waals surface area contributed by atoms with Crippen LogP contribution in [0.3, 0.4) is 0 Å². The zero-order valence-corrected chi connectivity index (χ0v) is 15.5. The number of hydrogen-bond donors (Lipinski definition) is 1. The molecule has 1 atom stereocenters. The molecular weight excluding hydrogens is 385 g/mol. The zero-order chi connectivity index (χ0) is 19.9. The van der Waals surface area contributed by atoms with Crippen molar-refractivity contribution in [1.29, 1.82) is 0 Å². The number of benzene rings is 1. The van der Waals surface area contributed by atoms with Crippen molar-refractivity contribution >= 4 is 23.5 Å². The molecule has 0 fully saturated rings. The van der Waals surface area contributed by atoms with Crippen LogP contribution in [-0.2, 0) is 17.0 Å². The van der Waals surface area contributed by atoms with Gasteiger partial charge in [0, 0.05) is 23.8 Å². The minimum atomic E-state index is -1.50. The van der Waals surface area contributed by atoms with Gasteiger partial charge in [-0.3, -0.25) is 14.7 Å². The second-order valence-electron chi connectivity index (χ2n) is 6.32. The maximum atomic E-state index is 13.3. The molecule has 0 saturated carbocycles. The van der Waals surface area contributed by atoms with Crippen LogP contribution in [0.15, 0.2) is 58.6 Å². The first-order chi connectivity index (χ1) is 13.5. The van der Waals surface area contributed by atoms with E-state index in [1.165, 1.54) is 36.9 Å². The van der Waals surface area contributed by atoms with Gasteiger partial charge in [-0.2, -0.15) is 0 Å². The van der Waals surface area contributed by atoms with Crippen molar-refractivity contribution < 1.29 is 13.6 Å². The lowest BCUT2D eigenvalue weighted by molar-refractivity contribution is -0.129. The van der Waals surface area contributed by atoms with Gasteiger partial charge in [0.25, 0.3) is 5.91 Å². The Hall–Kier alpha value is -3.26. The molecule has 3 heterocycles. The fourth-order valence-corrected chi connectivity index (χ4v) is 3.50. The summed E-state index contributed by atoms with van der Waals surface area (Å²) in [5.41, 5.74) is 6.77. The molecule has 2 aromatic heterocycles. The second kappa shape index (κ2) is 6.72. The highest BCUT2D eigenvalue weighted by molar-refractivity contribution is 6.31. The molecule has 1 aromatic carbocycles. The van der Waals surface area contributed by atoms with E-state index in [0.29, 0.717) is 27.4 Å². The van der Waals surface area contributed by atoms with Crippen LogP contribution in [-0.4, -0.2) is 33.8 Å². The third-order valence-electron chi connectivity index (χ3n) is 4.65. The summed E-state index contributed by atoms with van der Waals surface area (Å²) >= 11 is 6.34. The molecule has 1 aliphatic rings. The molecule has 0 radical (unpaired) electrons. The van der Waals surface area contributed by atoms with Crippen LogP contribution in [0.1, 0.15) is 16.8 Å². The number of amides is 1. The van der Waals surface area contributed by atoms with Gasteiger partial charge >= 0.3 is 0 Å². The molecule has 9 heteroatoms. The normalized spacial score (nSPS) is 19.2. The Morgan fingerprint density at radius 3 is 2.71 bits per heavy atom. The number of nitrogens with two attached hydrogens (primary N) is 1. The summed E-state index contributed by atoms with van der Waals surface area (Å²) in [6, 6.07) is 8.20.